The van der Waals surface area contributed by atoms with Crippen LogP contribution in [-0.2, 0) is 14.9 Å². The molecule has 2 rings (SSSR count). The number of aliphatic imine (C=N–C) groups is 1. The number of piperidine rings is 1. The van der Waals surface area contributed by atoms with E-state index < -0.39 is 0 Å². The first-order valence-corrected chi connectivity index (χ1v) is 10.4. The van der Waals surface area contributed by atoms with Gasteiger partial charge in [-0.1, -0.05) is 32.0 Å². The molecule has 6 heteroatoms. The molecule has 1 aromatic carbocycles. The largest absolute Gasteiger partial charge is 0.385 e. The minimum absolute atomic E-state index is 0.167. The first-order chi connectivity index (χ1) is 13.5. The molecule has 0 spiro atoms. The van der Waals surface area contributed by atoms with Gasteiger partial charge in [0.1, 0.15) is 5.82 Å². The van der Waals surface area contributed by atoms with Gasteiger partial charge < -0.3 is 19.7 Å². The lowest BCUT2D eigenvalue weighted by Gasteiger charge is -2.35. The molecule has 0 amide bonds. The molecule has 1 heterocycles. The van der Waals surface area contributed by atoms with Crippen LogP contribution in [0.2, 0.25) is 0 Å². The summed E-state index contributed by atoms with van der Waals surface area (Å²) in [5, 5.41) is 3.39. The van der Waals surface area contributed by atoms with Crippen molar-refractivity contribution in [2.45, 2.75) is 51.6 Å². The van der Waals surface area contributed by atoms with Crippen molar-refractivity contribution in [3.05, 3.63) is 35.6 Å². The molecule has 0 aliphatic carbocycles. The van der Waals surface area contributed by atoms with Crippen LogP contribution in [0.4, 0.5) is 4.39 Å². The van der Waals surface area contributed by atoms with E-state index in [4.69, 9.17) is 14.5 Å². The summed E-state index contributed by atoms with van der Waals surface area (Å²) in [6.45, 7) is 10.8. The highest BCUT2D eigenvalue weighted by molar-refractivity contribution is 5.80. The molecular weight excluding hydrogens is 357 g/mol. The van der Waals surface area contributed by atoms with Crippen molar-refractivity contribution in [1.82, 2.24) is 10.2 Å². The Balaban J connectivity index is 1.93. The molecule has 0 atom stereocenters. The molecule has 1 fully saturated rings. The second-order valence-electron chi connectivity index (χ2n) is 7.94. The fraction of sp³-hybridized carbons (Fsp3) is 0.682. The third-order valence-corrected chi connectivity index (χ3v) is 5.15. The van der Waals surface area contributed by atoms with Gasteiger partial charge >= 0.3 is 0 Å². The lowest BCUT2D eigenvalue weighted by atomic mass is 9.84. The van der Waals surface area contributed by atoms with Gasteiger partial charge in [-0.05, 0) is 37.8 Å². The van der Waals surface area contributed by atoms with Gasteiger partial charge in [-0.2, -0.15) is 0 Å². The fourth-order valence-corrected chi connectivity index (χ4v) is 3.48. The summed E-state index contributed by atoms with van der Waals surface area (Å²) in [7, 11) is 1.72. The molecule has 1 aromatic rings. The number of methoxy groups -OCH3 is 1. The van der Waals surface area contributed by atoms with Crippen molar-refractivity contribution in [1.29, 1.82) is 0 Å². The molecule has 1 aliphatic heterocycles. The smallest absolute Gasteiger partial charge is 0.193 e. The topological polar surface area (TPSA) is 46.1 Å². The molecule has 158 valence electrons. The van der Waals surface area contributed by atoms with E-state index in [1.807, 2.05) is 26.0 Å². The standard InChI is InChI=1S/C22H36FN3O2/c1-5-24-21(25-17-22(2,3)19-9-6-7-10-20(19)23)26-13-11-18(12-14-26)28-16-8-15-27-4/h6-7,9-10,18H,5,8,11-17H2,1-4H3,(H,24,25). The fourth-order valence-electron chi connectivity index (χ4n) is 3.48. The molecule has 0 saturated carbocycles. The van der Waals surface area contributed by atoms with Crippen LogP contribution in [0.25, 0.3) is 0 Å². The van der Waals surface area contributed by atoms with Crippen molar-refractivity contribution in [2.75, 3.05) is 46.5 Å². The SMILES string of the molecule is CCNC(=NCC(C)(C)c1ccccc1F)N1CCC(OCCCOC)CC1. The molecule has 5 nitrogen and oxygen atoms in total. The van der Waals surface area contributed by atoms with Crippen molar-refractivity contribution in [3.63, 3.8) is 0 Å². The van der Waals surface area contributed by atoms with Gasteiger partial charge in [0, 0.05) is 45.4 Å². The first-order valence-electron chi connectivity index (χ1n) is 10.4. The summed E-state index contributed by atoms with van der Waals surface area (Å²) in [6.07, 6.45) is 3.24. The monoisotopic (exact) mass is 393 g/mol. The number of guanidine groups is 1. The zero-order valence-corrected chi connectivity index (χ0v) is 17.8. The summed E-state index contributed by atoms with van der Waals surface area (Å²) in [5.41, 5.74) is 0.340. The normalized spacial score (nSPS) is 16.5. The van der Waals surface area contributed by atoms with E-state index in [2.05, 4.69) is 17.1 Å². The Bertz CT molecular complexity index is 614. The van der Waals surface area contributed by atoms with Crippen LogP contribution in [0.1, 0.15) is 45.6 Å². The van der Waals surface area contributed by atoms with E-state index in [-0.39, 0.29) is 11.2 Å². The van der Waals surface area contributed by atoms with Gasteiger partial charge in [0.25, 0.3) is 0 Å². The van der Waals surface area contributed by atoms with Gasteiger partial charge in [-0.15, -0.1) is 0 Å². The number of likely N-dealkylation sites (tertiary alicyclic amines) is 1. The highest BCUT2D eigenvalue weighted by Crippen LogP contribution is 2.26. The van der Waals surface area contributed by atoms with Crippen LogP contribution in [0.5, 0.6) is 0 Å². The molecule has 1 aliphatic rings. The third-order valence-electron chi connectivity index (χ3n) is 5.15. The second kappa shape index (κ2) is 11.4. The van der Waals surface area contributed by atoms with E-state index in [1.54, 1.807) is 13.2 Å². The number of hydrogen-bond donors (Lipinski definition) is 1. The van der Waals surface area contributed by atoms with E-state index in [9.17, 15) is 4.39 Å². The van der Waals surface area contributed by atoms with Crippen LogP contribution in [-0.4, -0.2) is 63.5 Å². The predicted molar refractivity (Wildman–Crippen MR) is 112 cm³/mol. The van der Waals surface area contributed by atoms with E-state index in [0.717, 1.165) is 58.1 Å². The summed E-state index contributed by atoms with van der Waals surface area (Å²) >= 11 is 0. The van der Waals surface area contributed by atoms with Crippen LogP contribution < -0.4 is 5.32 Å². The molecule has 0 radical (unpaired) electrons. The first kappa shape index (κ1) is 22.6. The van der Waals surface area contributed by atoms with E-state index in [1.165, 1.54) is 6.07 Å². The van der Waals surface area contributed by atoms with Crippen LogP contribution in [0.3, 0.4) is 0 Å². The van der Waals surface area contributed by atoms with Gasteiger partial charge in [-0.3, -0.25) is 4.99 Å². The minimum atomic E-state index is -0.366. The average Bonchev–Trinajstić information content (AvgIpc) is 2.69. The summed E-state index contributed by atoms with van der Waals surface area (Å²) in [4.78, 5) is 7.13. The van der Waals surface area contributed by atoms with Crippen LogP contribution >= 0.6 is 0 Å². The number of nitrogens with zero attached hydrogens (tertiary/aromatic N) is 2. The number of ether oxygens (including phenoxy) is 2. The number of hydrogen-bond acceptors (Lipinski definition) is 3. The molecule has 28 heavy (non-hydrogen) atoms. The van der Waals surface area contributed by atoms with Crippen molar-refractivity contribution >= 4 is 5.96 Å². The van der Waals surface area contributed by atoms with Gasteiger partial charge in [0.2, 0.25) is 0 Å². The number of halogens is 1. The molecular formula is C22H36FN3O2. The molecule has 0 unspecified atom stereocenters. The Hall–Kier alpha value is -1.66. The maximum absolute atomic E-state index is 14.2. The zero-order chi connectivity index (χ0) is 20.4. The second-order valence-corrected chi connectivity index (χ2v) is 7.94. The van der Waals surface area contributed by atoms with Crippen molar-refractivity contribution < 1.29 is 13.9 Å². The lowest BCUT2D eigenvalue weighted by molar-refractivity contribution is 0.00989. The molecule has 1 N–H and O–H groups in total. The van der Waals surface area contributed by atoms with Crippen molar-refractivity contribution in [3.8, 4) is 0 Å². The molecule has 0 aromatic heterocycles. The molecule has 1 saturated heterocycles. The number of nitrogens with one attached hydrogen (secondary N) is 1. The number of benzene rings is 1. The highest BCUT2D eigenvalue weighted by atomic mass is 19.1. The predicted octanol–water partition coefficient (Wildman–Crippen LogP) is 3.59. The van der Waals surface area contributed by atoms with Crippen molar-refractivity contribution in [2.24, 2.45) is 4.99 Å². The van der Waals surface area contributed by atoms with Crippen LogP contribution in [0.15, 0.2) is 29.3 Å². The molecule has 0 bridgehead atoms. The number of rotatable bonds is 9. The lowest BCUT2D eigenvalue weighted by Crippen LogP contribution is -2.47. The zero-order valence-electron chi connectivity index (χ0n) is 17.8. The van der Waals surface area contributed by atoms with Gasteiger partial charge in [0.15, 0.2) is 5.96 Å². The van der Waals surface area contributed by atoms with E-state index in [0.29, 0.717) is 18.2 Å². The Morgan fingerprint density at radius 3 is 2.61 bits per heavy atom. The summed E-state index contributed by atoms with van der Waals surface area (Å²) < 4.78 is 25.2. The van der Waals surface area contributed by atoms with Crippen LogP contribution in [0, 0.1) is 5.82 Å². The van der Waals surface area contributed by atoms with Gasteiger partial charge in [-0.25, -0.2) is 4.39 Å². The summed E-state index contributed by atoms with van der Waals surface area (Å²) in [6, 6.07) is 6.98. The summed E-state index contributed by atoms with van der Waals surface area (Å²) in [5.74, 6) is 0.740. The Morgan fingerprint density at radius 1 is 1.25 bits per heavy atom. The minimum Gasteiger partial charge on any atom is -0.385 e. The Kier molecular flexibility index (Phi) is 9.19. The maximum atomic E-state index is 14.2. The maximum Gasteiger partial charge on any atom is 0.193 e. The Morgan fingerprint density at radius 2 is 1.96 bits per heavy atom. The third kappa shape index (κ3) is 6.74. The quantitative estimate of drug-likeness (QED) is 0.396. The Labute approximate surface area is 169 Å². The highest BCUT2D eigenvalue weighted by Gasteiger charge is 2.26. The average molecular weight is 394 g/mol. The van der Waals surface area contributed by atoms with E-state index >= 15 is 0 Å². The van der Waals surface area contributed by atoms with Gasteiger partial charge in [0.05, 0.1) is 12.6 Å².